The lowest BCUT2D eigenvalue weighted by molar-refractivity contribution is -0.359. The van der Waals surface area contributed by atoms with Crippen molar-refractivity contribution in [3.8, 4) is 0 Å². The highest BCUT2D eigenvalue weighted by Gasteiger charge is 2.51. The summed E-state index contributed by atoms with van der Waals surface area (Å²) in [5.74, 6) is -0.281. The van der Waals surface area contributed by atoms with Gasteiger partial charge in [0.05, 0.1) is 32.0 Å². The first-order valence-electron chi connectivity index (χ1n) is 26.3. The van der Waals surface area contributed by atoms with Gasteiger partial charge in [0.1, 0.15) is 48.8 Å². The Morgan fingerprint density at radius 2 is 1.01 bits per heavy atom. The van der Waals surface area contributed by atoms with Gasteiger partial charge in [0.2, 0.25) is 5.91 Å². The number of aliphatic hydroxyl groups is 8. The fourth-order valence-electron chi connectivity index (χ4n) is 8.02. The van der Waals surface area contributed by atoms with Crippen molar-refractivity contribution in [2.75, 3.05) is 19.8 Å². The van der Waals surface area contributed by atoms with E-state index >= 15 is 0 Å². The van der Waals surface area contributed by atoms with Crippen LogP contribution in [0.3, 0.4) is 0 Å². The third-order valence-electron chi connectivity index (χ3n) is 12.3. The van der Waals surface area contributed by atoms with Crippen LogP contribution >= 0.6 is 0 Å². The molecule has 2 fully saturated rings. The first kappa shape index (κ1) is 62.3. The van der Waals surface area contributed by atoms with Gasteiger partial charge in [-0.05, 0) is 83.5 Å². The number of hydrogen-bond acceptors (Lipinski definition) is 13. The predicted octanol–water partition coefficient (Wildman–Crippen LogP) is 7.38. The molecule has 2 rings (SSSR count). The van der Waals surface area contributed by atoms with Gasteiger partial charge in [0.15, 0.2) is 12.6 Å². The summed E-state index contributed by atoms with van der Waals surface area (Å²) in [6.07, 6.45) is 36.2. The zero-order valence-electron chi connectivity index (χ0n) is 42.0. The van der Waals surface area contributed by atoms with E-state index in [1.807, 2.05) is 6.08 Å². The summed E-state index contributed by atoms with van der Waals surface area (Å²) in [6.45, 7) is 2.61. The van der Waals surface area contributed by atoms with Crippen LogP contribution in [0.25, 0.3) is 0 Å². The van der Waals surface area contributed by atoms with Crippen LogP contribution in [0, 0.1) is 0 Å². The van der Waals surface area contributed by atoms with Crippen LogP contribution in [0.5, 0.6) is 0 Å². The summed E-state index contributed by atoms with van der Waals surface area (Å²) in [5, 5.41) is 86.8. The van der Waals surface area contributed by atoms with Crippen molar-refractivity contribution < 1.29 is 64.6 Å². The quantitative estimate of drug-likeness (QED) is 0.0217. The highest BCUT2D eigenvalue weighted by Crippen LogP contribution is 2.30. The zero-order chi connectivity index (χ0) is 50.3. The molecule has 2 heterocycles. The average Bonchev–Trinajstić information content (AvgIpc) is 3.35. The predicted molar refractivity (Wildman–Crippen MR) is 272 cm³/mol. The van der Waals surface area contributed by atoms with Gasteiger partial charge in [-0.2, -0.15) is 0 Å². The molecule has 0 radical (unpaired) electrons. The van der Waals surface area contributed by atoms with Gasteiger partial charge < -0.3 is 65.1 Å². The van der Waals surface area contributed by atoms with E-state index in [1.165, 1.54) is 51.4 Å². The Morgan fingerprint density at radius 1 is 0.536 bits per heavy atom. The van der Waals surface area contributed by atoms with Gasteiger partial charge in [-0.1, -0.05) is 157 Å². The fraction of sp³-hybridized carbons (Fsp3) is 0.727. The summed E-state index contributed by atoms with van der Waals surface area (Å²) < 4.78 is 22.7. The normalized spacial score (nSPS) is 26.9. The third kappa shape index (κ3) is 27.5. The number of allylic oxidation sites excluding steroid dienone is 13. The van der Waals surface area contributed by atoms with Gasteiger partial charge in [-0.3, -0.25) is 4.79 Å². The van der Waals surface area contributed by atoms with Crippen molar-refractivity contribution in [1.82, 2.24) is 5.32 Å². The molecule has 0 aromatic rings. The number of nitrogens with one attached hydrogen (secondary N) is 1. The molecule has 14 nitrogen and oxygen atoms in total. The van der Waals surface area contributed by atoms with Crippen molar-refractivity contribution in [1.29, 1.82) is 0 Å². The second-order valence-corrected chi connectivity index (χ2v) is 18.2. The van der Waals surface area contributed by atoms with E-state index in [0.717, 1.165) is 77.0 Å². The molecule has 0 spiro atoms. The zero-order valence-corrected chi connectivity index (χ0v) is 42.0. The molecule has 2 aliphatic rings. The lowest BCUT2D eigenvalue weighted by atomic mass is 9.97. The number of rotatable bonds is 39. The number of carbonyl (C=O) groups is 1. The van der Waals surface area contributed by atoms with E-state index in [4.69, 9.17) is 18.9 Å². The van der Waals surface area contributed by atoms with Crippen molar-refractivity contribution in [3.63, 3.8) is 0 Å². The van der Waals surface area contributed by atoms with Crippen LogP contribution in [0.15, 0.2) is 85.1 Å². The Balaban J connectivity index is 1.88. The Labute approximate surface area is 414 Å². The number of ether oxygens (including phenoxy) is 4. The minimum atomic E-state index is -1.80. The van der Waals surface area contributed by atoms with Crippen LogP contribution in [-0.4, -0.2) is 140 Å². The highest BCUT2D eigenvalue weighted by atomic mass is 16.7. The molecule has 0 bridgehead atoms. The van der Waals surface area contributed by atoms with Crippen LogP contribution in [0.2, 0.25) is 0 Å². The van der Waals surface area contributed by atoms with E-state index in [-0.39, 0.29) is 18.9 Å². The molecular weight excluding hydrogens is 883 g/mol. The smallest absolute Gasteiger partial charge is 0.220 e. The topological polar surface area (TPSA) is 228 Å². The van der Waals surface area contributed by atoms with E-state index in [1.54, 1.807) is 6.08 Å². The van der Waals surface area contributed by atoms with Crippen LogP contribution in [0.1, 0.15) is 162 Å². The summed E-state index contributed by atoms with van der Waals surface area (Å²) in [7, 11) is 0. The number of amides is 1. The van der Waals surface area contributed by atoms with Gasteiger partial charge in [-0.15, -0.1) is 0 Å². The maximum Gasteiger partial charge on any atom is 0.220 e. The van der Waals surface area contributed by atoms with Gasteiger partial charge >= 0.3 is 0 Å². The molecule has 0 aromatic heterocycles. The Hall–Kier alpha value is -2.83. The minimum absolute atomic E-state index is 0.237. The molecule has 1 amide bonds. The van der Waals surface area contributed by atoms with Crippen molar-refractivity contribution >= 4 is 5.91 Å². The molecule has 69 heavy (non-hydrogen) atoms. The Morgan fingerprint density at radius 3 is 1.59 bits per heavy atom. The molecule has 2 saturated heterocycles. The molecule has 14 heteroatoms. The molecule has 12 unspecified atom stereocenters. The van der Waals surface area contributed by atoms with Gasteiger partial charge in [0.25, 0.3) is 0 Å². The molecule has 396 valence electrons. The molecular formula is C55H93NO13. The average molecular weight is 976 g/mol. The minimum Gasteiger partial charge on any atom is -0.394 e. The SMILES string of the molecule is CC/C=C\C/C=C\C/C=C\C/C=C\CCCCCCC(=O)NC(COC1OC(CO)C(OC2OC(CO)C(O)C(O)C2O)C(O)C1O)C(O)/C=C/CC/C=C/CC/C=C/CCCCCCCCCC. The molecule has 0 saturated carbocycles. The third-order valence-corrected chi connectivity index (χ3v) is 12.3. The second-order valence-electron chi connectivity index (χ2n) is 18.2. The standard InChI is InChI=1S/C55H93NO13/c1-3-5-7-9-11-13-15-17-19-21-23-24-26-28-30-32-34-36-38-44(59)43(56-47(60)39-37-35-33-31-29-27-25-22-20-18-16-14-12-10-8-6-4-2)42-66-54-52(65)50(63)53(46(41-58)68-54)69-55-51(64)49(62)48(61)45(40-57)67-55/h6,8,12,14,18,20-21,23,25,27-28,30,36,38,43-46,48-55,57-59,61-65H,3-5,7,9-11,13,15-17,19,22,24,26,29,31-35,37,39-42H2,1-2H3,(H,56,60)/b8-6-,14-12-,20-18-,23-21+,27-25-,30-28+,38-36+. The van der Waals surface area contributed by atoms with E-state index < -0.39 is 86.8 Å². The van der Waals surface area contributed by atoms with Crippen LogP contribution in [-0.2, 0) is 23.7 Å². The van der Waals surface area contributed by atoms with E-state index in [9.17, 15) is 45.6 Å². The summed E-state index contributed by atoms with van der Waals surface area (Å²) in [6, 6.07) is -0.955. The maximum atomic E-state index is 13.2. The van der Waals surface area contributed by atoms with Crippen molar-refractivity contribution in [2.24, 2.45) is 0 Å². The molecule has 0 aromatic carbocycles. The largest absolute Gasteiger partial charge is 0.394 e. The van der Waals surface area contributed by atoms with Crippen LogP contribution in [0.4, 0.5) is 0 Å². The van der Waals surface area contributed by atoms with E-state index in [0.29, 0.717) is 12.8 Å². The van der Waals surface area contributed by atoms with Crippen LogP contribution < -0.4 is 5.32 Å². The number of hydrogen-bond donors (Lipinski definition) is 9. The molecule has 9 N–H and O–H groups in total. The van der Waals surface area contributed by atoms with E-state index in [2.05, 4.69) is 92.1 Å². The first-order chi connectivity index (χ1) is 33.6. The summed E-state index contributed by atoms with van der Waals surface area (Å²) in [4.78, 5) is 13.2. The number of carbonyl (C=O) groups excluding carboxylic acids is 1. The summed E-state index contributed by atoms with van der Waals surface area (Å²) in [5.41, 5.74) is 0. The van der Waals surface area contributed by atoms with Gasteiger partial charge in [0, 0.05) is 6.42 Å². The fourth-order valence-corrected chi connectivity index (χ4v) is 8.02. The second kappa shape index (κ2) is 40.7. The number of unbranched alkanes of at least 4 members (excludes halogenated alkanes) is 14. The maximum absolute atomic E-state index is 13.2. The Kier molecular flexibility index (Phi) is 36.8. The lowest BCUT2D eigenvalue weighted by Gasteiger charge is -2.46. The Bertz CT molecular complexity index is 1480. The van der Waals surface area contributed by atoms with Gasteiger partial charge in [-0.25, -0.2) is 0 Å². The first-order valence-corrected chi connectivity index (χ1v) is 26.3. The molecule has 2 aliphatic heterocycles. The molecule has 0 aliphatic carbocycles. The molecule has 12 atom stereocenters. The summed E-state index contributed by atoms with van der Waals surface area (Å²) >= 11 is 0. The highest BCUT2D eigenvalue weighted by molar-refractivity contribution is 5.76. The van der Waals surface area contributed by atoms with Crippen molar-refractivity contribution in [3.05, 3.63) is 85.1 Å². The monoisotopic (exact) mass is 976 g/mol. The van der Waals surface area contributed by atoms with Crippen molar-refractivity contribution in [2.45, 2.75) is 235 Å². The lowest BCUT2D eigenvalue weighted by Crippen LogP contribution is -2.65. The number of aliphatic hydroxyl groups excluding tert-OH is 8.